The third-order valence-electron chi connectivity index (χ3n) is 8.25. The van der Waals surface area contributed by atoms with Crippen LogP contribution in [0.3, 0.4) is 0 Å². The minimum atomic E-state index is -0.435. The van der Waals surface area contributed by atoms with Crippen molar-refractivity contribution in [3.63, 3.8) is 0 Å². The van der Waals surface area contributed by atoms with Crippen LogP contribution in [0.4, 0.5) is 16.3 Å². The standard InChI is InChI=1S/C28H39N5O2/c1-21-18-25(32-16-14-31(15-17-32)22(2)34)30-19-24(21)33(26(29)35)20-27(3)10-12-28(4,13-11-27)23-8-6-5-7-9-23/h5-9,18-19H,10-17,20H2,1-4H3,(H2,29,35). The molecule has 35 heavy (non-hydrogen) atoms. The molecule has 0 unspecified atom stereocenters. The minimum absolute atomic E-state index is 0.00253. The molecule has 0 bridgehead atoms. The molecule has 2 aliphatic rings. The molecule has 1 saturated heterocycles. The van der Waals surface area contributed by atoms with Gasteiger partial charge in [0.05, 0.1) is 11.9 Å². The SMILES string of the molecule is CC(=O)N1CCN(c2cc(C)c(N(CC3(C)CCC(C)(c4ccccc4)CC3)C(N)=O)cn2)CC1. The van der Waals surface area contributed by atoms with Gasteiger partial charge in [0.1, 0.15) is 5.82 Å². The van der Waals surface area contributed by atoms with E-state index in [4.69, 9.17) is 5.73 Å². The molecular weight excluding hydrogens is 438 g/mol. The number of hydrogen-bond acceptors (Lipinski definition) is 4. The zero-order valence-electron chi connectivity index (χ0n) is 21.6. The summed E-state index contributed by atoms with van der Waals surface area (Å²) in [6, 6.07) is 12.4. The molecular formula is C28H39N5O2. The quantitative estimate of drug-likeness (QED) is 0.688. The van der Waals surface area contributed by atoms with Crippen LogP contribution in [0, 0.1) is 12.3 Å². The second-order valence-corrected chi connectivity index (χ2v) is 11.0. The van der Waals surface area contributed by atoms with Crippen molar-refractivity contribution >= 4 is 23.4 Å². The average Bonchev–Trinajstić information content (AvgIpc) is 2.85. The molecule has 1 saturated carbocycles. The molecule has 1 aromatic carbocycles. The molecule has 2 N–H and O–H groups in total. The lowest BCUT2D eigenvalue weighted by Gasteiger charge is -2.45. The lowest BCUT2D eigenvalue weighted by atomic mass is 9.62. The summed E-state index contributed by atoms with van der Waals surface area (Å²) >= 11 is 0. The maximum absolute atomic E-state index is 12.6. The molecule has 2 fully saturated rings. The Bertz CT molecular complexity index is 1050. The van der Waals surface area contributed by atoms with Crippen LogP contribution >= 0.6 is 0 Å². The highest BCUT2D eigenvalue weighted by atomic mass is 16.2. The molecule has 3 amide bonds. The van der Waals surface area contributed by atoms with E-state index in [9.17, 15) is 9.59 Å². The van der Waals surface area contributed by atoms with Crippen LogP contribution < -0.4 is 15.5 Å². The molecule has 1 aliphatic carbocycles. The maximum Gasteiger partial charge on any atom is 0.319 e. The van der Waals surface area contributed by atoms with Gasteiger partial charge in [-0.3, -0.25) is 9.69 Å². The van der Waals surface area contributed by atoms with Crippen LogP contribution in [-0.4, -0.2) is 54.5 Å². The lowest BCUT2D eigenvalue weighted by molar-refractivity contribution is -0.129. The number of carbonyl (C=O) groups excluding carboxylic acids is 2. The van der Waals surface area contributed by atoms with E-state index in [0.717, 1.165) is 55.8 Å². The number of anilines is 2. The number of carbonyl (C=O) groups is 2. The topological polar surface area (TPSA) is 82.8 Å². The predicted octanol–water partition coefficient (Wildman–Crippen LogP) is 4.48. The van der Waals surface area contributed by atoms with E-state index in [0.29, 0.717) is 19.6 Å². The fourth-order valence-corrected chi connectivity index (χ4v) is 5.60. The van der Waals surface area contributed by atoms with E-state index in [1.165, 1.54) is 5.56 Å². The summed E-state index contributed by atoms with van der Waals surface area (Å²) in [7, 11) is 0. The summed E-state index contributed by atoms with van der Waals surface area (Å²) in [5, 5.41) is 0. The van der Waals surface area contributed by atoms with Crippen molar-refractivity contribution in [2.75, 3.05) is 42.5 Å². The van der Waals surface area contributed by atoms with Crippen LogP contribution in [0.25, 0.3) is 0 Å². The number of aromatic nitrogens is 1. The van der Waals surface area contributed by atoms with Crippen molar-refractivity contribution in [3.05, 3.63) is 53.7 Å². The first-order chi connectivity index (χ1) is 16.6. The highest BCUT2D eigenvalue weighted by Crippen LogP contribution is 2.47. The van der Waals surface area contributed by atoms with Crippen LogP contribution in [0.15, 0.2) is 42.6 Å². The van der Waals surface area contributed by atoms with Crippen molar-refractivity contribution in [2.45, 2.75) is 58.8 Å². The first-order valence-electron chi connectivity index (χ1n) is 12.7. The van der Waals surface area contributed by atoms with Gasteiger partial charge in [-0.25, -0.2) is 9.78 Å². The molecule has 7 heteroatoms. The van der Waals surface area contributed by atoms with E-state index in [1.807, 2.05) is 17.9 Å². The normalized spacial score (nSPS) is 24.8. The van der Waals surface area contributed by atoms with E-state index >= 15 is 0 Å². The van der Waals surface area contributed by atoms with Gasteiger partial charge in [-0.2, -0.15) is 0 Å². The molecule has 0 spiro atoms. The number of benzene rings is 1. The third-order valence-corrected chi connectivity index (χ3v) is 8.25. The zero-order valence-corrected chi connectivity index (χ0v) is 21.6. The smallest absolute Gasteiger partial charge is 0.319 e. The average molecular weight is 478 g/mol. The predicted molar refractivity (Wildman–Crippen MR) is 141 cm³/mol. The summed E-state index contributed by atoms with van der Waals surface area (Å²) in [5.41, 5.74) is 9.22. The van der Waals surface area contributed by atoms with E-state index in [2.05, 4.69) is 54.1 Å². The summed E-state index contributed by atoms with van der Waals surface area (Å²) in [5.74, 6) is 0.989. The molecule has 2 aromatic rings. The third kappa shape index (κ3) is 5.44. The number of amides is 3. The highest BCUT2D eigenvalue weighted by Gasteiger charge is 2.40. The molecule has 1 aromatic heterocycles. The van der Waals surface area contributed by atoms with Gasteiger partial charge in [0.2, 0.25) is 5.91 Å². The van der Waals surface area contributed by atoms with Gasteiger partial charge in [0, 0.05) is 39.6 Å². The van der Waals surface area contributed by atoms with E-state index < -0.39 is 6.03 Å². The molecule has 0 radical (unpaired) electrons. The second kappa shape index (κ2) is 9.88. The lowest BCUT2D eigenvalue weighted by Crippen LogP contribution is -2.48. The highest BCUT2D eigenvalue weighted by molar-refractivity contribution is 5.91. The van der Waals surface area contributed by atoms with Crippen LogP contribution in [0.5, 0.6) is 0 Å². The van der Waals surface area contributed by atoms with Crippen LogP contribution in [-0.2, 0) is 10.2 Å². The Kier molecular flexibility index (Phi) is 7.06. The minimum Gasteiger partial charge on any atom is -0.353 e. The Labute approximate surface area is 209 Å². The first-order valence-corrected chi connectivity index (χ1v) is 12.7. The number of primary amides is 1. The summed E-state index contributed by atoms with van der Waals surface area (Å²) in [6.07, 6.45) is 6.03. The fourth-order valence-electron chi connectivity index (χ4n) is 5.60. The van der Waals surface area contributed by atoms with Gasteiger partial charge in [-0.15, -0.1) is 0 Å². The number of nitrogens with zero attached hydrogens (tertiary/aromatic N) is 4. The fraction of sp³-hybridized carbons (Fsp3) is 0.536. The number of rotatable bonds is 5. The maximum atomic E-state index is 12.6. The van der Waals surface area contributed by atoms with Crippen molar-refractivity contribution in [3.8, 4) is 0 Å². The number of piperazine rings is 1. The monoisotopic (exact) mass is 477 g/mol. The Hall–Kier alpha value is -3.09. The second-order valence-electron chi connectivity index (χ2n) is 11.0. The number of nitrogens with two attached hydrogens (primary N) is 1. The summed E-state index contributed by atoms with van der Waals surface area (Å²) in [6.45, 7) is 11.8. The Morgan fingerprint density at radius 2 is 1.66 bits per heavy atom. The van der Waals surface area contributed by atoms with E-state index in [-0.39, 0.29) is 16.7 Å². The van der Waals surface area contributed by atoms with Crippen molar-refractivity contribution in [1.82, 2.24) is 9.88 Å². The molecule has 2 heterocycles. The molecule has 4 rings (SSSR count). The van der Waals surface area contributed by atoms with Gasteiger partial charge >= 0.3 is 6.03 Å². The Morgan fingerprint density at radius 3 is 2.20 bits per heavy atom. The summed E-state index contributed by atoms with van der Waals surface area (Å²) in [4.78, 5) is 34.7. The largest absolute Gasteiger partial charge is 0.353 e. The van der Waals surface area contributed by atoms with Crippen molar-refractivity contribution < 1.29 is 9.59 Å². The van der Waals surface area contributed by atoms with Gasteiger partial charge in [-0.1, -0.05) is 44.2 Å². The number of aryl methyl sites for hydroxylation is 1. The zero-order chi connectivity index (χ0) is 25.2. The number of pyridine rings is 1. The molecule has 7 nitrogen and oxygen atoms in total. The number of urea groups is 1. The molecule has 0 atom stereocenters. The van der Waals surface area contributed by atoms with Crippen molar-refractivity contribution in [1.29, 1.82) is 0 Å². The Morgan fingerprint density at radius 1 is 1.03 bits per heavy atom. The Balaban J connectivity index is 1.45. The summed E-state index contributed by atoms with van der Waals surface area (Å²) < 4.78 is 0. The van der Waals surface area contributed by atoms with Crippen LogP contribution in [0.1, 0.15) is 57.6 Å². The van der Waals surface area contributed by atoms with E-state index in [1.54, 1.807) is 18.0 Å². The number of hydrogen-bond donors (Lipinski definition) is 1. The van der Waals surface area contributed by atoms with Gasteiger partial charge in [0.15, 0.2) is 0 Å². The first kappa shape index (κ1) is 25.0. The van der Waals surface area contributed by atoms with Gasteiger partial charge in [0.25, 0.3) is 0 Å². The van der Waals surface area contributed by atoms with Crippen molar-refractivity contribution in [2.24, 2.45) is 11.1 Å². The van der Waals surface area contributed by atoms with Gasteiger partial charge in [-0.05, 0) is 60.6 Å². The molecule has 1 aliphatic heterocycles. The van der Waals surface area contributed by atoms with Crippen LogP contribution in [0.2, 0.25) is 0 Å². The molecule has 188 valence electrons. The van der Waals surface area contributed by atoms with Gasteiger partial charge < -0.3 is 15.5 Å².